The number of aliphatic hydroxyl groups is 1. The molecule has 96 valence electrons. The summed E-state index contributed by atoms with van der Waals surface area (Å²) in [5.74, 6) is 0.387. The maximum absolute atomic E-state index is 9.94. The summed E-state index contributed by atoms with van der Waals surface area (Å²) >= 11 is 0. The standard InChI is InChI=1S/C14H24N2O/c1-10(2)13(15)8-12(17)9-14(16)11-6-4-3-5-7-11/h3-7,10,12-14,17H,8-9,15-16H2,1-2H3. The first kappa shape index (κ1) is 14.2. The molecule has 0 aliphatic heterocycles. The van der Waals surface area contributed by atoms with E-state index in [9.17, 15) is 5.11 Å². The van der Waals surface area contributed by atoms with Gasteiger partial charge in [0.05, 0.1) is 6.10 Å². The van der Waals surface area contributed by atoms with Gasteiger partial charge in [0.15, 0.2) is 0 Å². The van der Waals surface area contributed by atoms with E-state index in [4.69, 9.17) is 11.5 Å². The third-order valence-corrected chi connectivity index (χ3v) is 3.15. The molecule has 0 aromatic heterocycles. The Balaban J connectivity index is 2.43. The van der Waals surface area contributed by atoms with Crippen molar-refractivity contribution >= 4 is 0 Å². The Hall–Kier alpha value is -0.900. The lowest BCUT2D eigenvalue weighted by Gasteiger charge is -2.22. The Kier molecular flexibility index (Phi) is 5.62. The molecule has 17 heavy (non-hydrogen) atoms. The summed E-state index contributed by atoms with van der Waals surface area (Å²) < 4.78 is 0. The highest BCUT2D eigenvalue weighted by Gasteiger charge is 2.17. The first-order valence-electron chi connectivity index (χ1n) is 6.25. The van der Waals surface area contributed by atoms with Gasteiger partial charge < -0.3 is 16.6 Å². The van der Waals surface area contributed by atoms with Crippen LogP contribution < -0.4 is 11.5 Å². The molecule has 5 N–H and O–H groups in total. The first-order chi connectivity index (χ1) is 8.00. The van der Waals surface area contributed by atoms with E-state index in [2.05, 4.69) is 13.8 Å². The molecule has 0 aliphatic rings. The van der Waals surface area contributed by atoms with Crippen molar-refractivity contribution in [2.45, 2.75) is 44.9 Å². The topological polar surface area (TPSA) is 72.3 Å². The summed E-state index contributed by atoms with van der Waals surface area (Å²) in [4.78, 5) is 0. The van der Waals surface area contributed by atoms with Crippen LogP contribution in [0.1, 0.15) is 38.3 Å². The SMILES string of the molecule is CC(C)C(N)CC(O)CC(N)c1ccccc1. The summed E-state index contributed by atoms with van der Waals surface area (Å²) in [6, 6.07) is 9.77. The Morgan fingerprint density at radius 3 is 2.18 bits per heavy atom. The second-order valence-electron chi connectivity index (χ2n) is 5.05. The average molecular weight is 236 g/mol. The molecule has 0 fully saturated rings. The molecule has 3 unspecified atom stereocenters. The predicted molar refractivity (Wildman–Crippen MR) is 71.4 cm³/mol. The fourth-order valence-electron chi connectivity index (χ4n) is 1.81. The van der Waals surface area contributed by atoms with Crippen LogP contribution in [-0.4, -0.2) is 17.3 Å². The Morgan fingerprint density at radius 2 is 1.65 bits per heavy atom. The Labute approximate surface area is 104 Å². The van der Waals surface area contributed by atoms with Crippen LogP contribution in [0.5, 0.6) is 0 Å². The first-order valence-corrected chi connectivity index (χ1v) is 6.25. The second-order valence-corrected chi connectivity index (χ2v) is 5.05. The zero-order valence-electron chi connectivity index (χ0n) is 10.7. The summed E-state index contributed by atoms with van der Waals surface area (Å²) in [7, 11) is 0. The van der Waals surface area contributed by atoms with Gasteiger partial charge in [0.25, 0.3) is 0 Å². The maximum atomic E-state index is 9.94. The fraction of sp³-hybridized carbons (Fsp3) is 0.571. The monoisotopic (exact) mass is 236 g/mol. The van der Waals surface area contributed by atoms with Gasteiger partial charge in [0, 0.05) is 12.1 Å². The third kappa shape index (κ3) is 4.86. The lowest BCUT2D eigenvalue weighted by molar-refractivity contribution is 0.131. The number of hydrogen-bond acceptors (Lipinski definition) is 3. The molecule has 1 aromatic carbocycles. The van der Waals surface area contributed by atoms with Crippen molar-refractivity contribution in [3.63, 3.8) is 0 Å². The molecule has 0 amide bonds. The van der Waals surface area contributed by atoms with E-state index in [1.54, 1.807) is 0 Å². The van der Waals surface area contributed by atoms with Crippen molar-refractivity contribution in [1.82, 2.24) is 0 Å². The summed E-state index contributed by atoms with van der Waals surface area (Å²) in [6.07, 6.45) is 0.741. The van der Waals surface area contributed by atoms with E-state index in [-0.39, 0.29) is 12.1 Å². The van der Waals surface area contributed by atoms with Crippen LogP contribution in [0.3, 0.4) is 0 Å². The normalized spacial score (nSPS) is 16.8. The molecule has 1 aromatic rings. The fourth-order valence-corrected chi connectivity index (χ4v) is 1.81. The van der Waals surface area contributed by atoms with Gasteiger partial charge in [0.2, 0.25) is 0 Å². The molecular formula is C14H24N2O. The summed E-state index contributed by atoms with van der Waals surface area (Å²) in [5, 5.41) is 9.94. The van der Waals surface area contributed by atoms with Crippen molar-refractivity contribution in [2.24, 2.45) is 17.4 Å². The molecule has 1 rings (SSSR count). The number of aliphatic hydroxyl groups excluding tert-OH is 1. The minimum Gasteiger partial charge on any atom is -0.393 e. The predicted octanol–water partition coefficient (Wildman–Crippen LogP) is 1.81. The van der Waals surface area contributed by atoms with E-state index in [1.165, 1.54) is 0 Å². The van der Waals surface area contributed by atoms with Crippen LogP contribution in [0.4, 0.5) is 0 Å². The molecule has 0 heterocycles. The molecule has 3 nitrogen and oxygen atoms in total. The molecule has 0 aliphatic carbocycles. The lowest BCUT2D eigenvalue weighted by Crippen LogP contribution is -2.32. The highest BCUT2D eigenvalue weighted by Crippen LogP contribution is 2.18. The number of rotatable bonds is 6. The van der Waals surface area contributed by atoms with Crippen LogP contribution in [0.2, 0.25) is 0 Å². The maximum Gasteiger partial charge on any atom is 0.0573 e. The smallest absolute Gasteiger partial charge is 0.0573 e. The van der Waals surface area contributed by atoms with Gasteiger partial charge in [-0.3, -0.25) is 0 Å². The minimum atomic E-state index is -0.428. The van der Waals surface area contributed by atoms with Gasteiger partial charge in [-0.15, -0.1) is 0 Å². The zero-order chi connectivity index (χ0) is 12.8. The van der Waals surface area contributed by atoms with E-state index < -0.39 is 6.10 Å². The average Bonchev–Trinajstić information content (AvgIpc) is 2.29. The highest BCUT2D eigenvalue weighted by atomic mass is 16.3. The molecule has 0 saturated carbocycles. The minimum absolute atomic E-state index is 0.0352. The second kappa shape index (κ2) is 6.74. The molecule has 0 bridgehead atoms. The molecule has 3 heteroatoms. The van der Waals surface area contributed by atoms with Gasteiger partial charge >= 0.3 is 0 Å². The van der Waals surface area contributed by atoms with Crippen LogP contribution in [0.25, 0.3) is 0 Å². The van der Waals surface area contributed by atoms with E-state index in [0.717, 1.165) is 5.56 Å². The van der Waals surface area contributed by atoms with Gasteiger partial charge in [0.1, 0.15) is 0 Å². The van der Waals surface area contributed by atoms with Crippen molar-refractivity contribution in [2.75, 3.05) is 0 Å². The Morgan fingerprint density at radius 1 is 1.06 bits per heavy atom. The number of nitrogens with two attached hydrogens (primary N) is 2. The van der Waals surface area contributed by atoms with E-state index in [1.807, 2.05) is 30.3 Å². The molecule has 3 atom stereocenters. The highest BCUT2D eigenvalue weighted by molar-refractivity contribution is 5.18. The van der Waals surface area contributed by atoms with Crippen LogP contribution in [-0.2, 0) is 0 Å². The van der Waals surface area contributed by atoms with E-state index >= 15 is 0 Å². The lowest BCUT2D eigenvalue weighted by atomic mass is 9.94. The van der Waals surface area contributed by atoms with Gasteiger partial charge in [-0.1, -0.05) is 44.2 Å². The van der Waals surface area contributed by atoms with Gasteiger partial charge in [-0.25, -0.2) is 0 Å². The van der Waals surface area contributed by atoms with Crippen LogP contribution in [0.15, 0.2) is 30.3 Å². The van der Waals surface area contributed by atoms with E-state index in [0.29, 0.717) is 18.8 Å². The van der Waals surface area contributed by atoms with Crippen molar-refractivity contribution in [1.29, 1.82) is 0 Å². The quantitative estimate of drug-likeness (QED) is 0.705. The number of benzene rings is 1. The van der Waals surface area contributed by atoms with Crippen LogP contribution in [0, 0.1) is 5.92 Å². The third-order valence-electron chi connectivity index (χ3n) is 3.15. The van der Waals surface area contributed by atoms with Crippen molar-refractivity contribution in [3.8, 4) is 0 Å². The summed E-state index contributed by atoms with van der Waals surface area (Å²) in [5.41, 5.74) is 13.0. The zero-order valence-corrected chi connectivity index (χ0v) is 10.7. The van der Waals surface area contributed by atoms with Crippen molar-refractivity contribution in [3.05, 3.63) is 35.9 Å². The molecule has 0 spiro atoms. The molecular weight excluding hydrogens is 212 g/mol. The number of hydrogen-bond donors (Lipinski definition) is 3. The van der Waals surface area contributed by atoms with Crippen molar-refractivity contribution < 1.29 is 5.11 Å². The van der Waals surface area contributed by atoms with Gasteiger partial charge in [-0.05, 0) is 24.3 Å². The Bertz CT molecular complexity index is 313. The van der Waals surface area contributed by atoms with Gasteiger partial charge in [-0.2, -0.15) is 0 Å². The largest absolute Gasteiger partial charge is 0.393 e. The molecule has 0 radical (unpaired) electrons. The summed E-state index contributed by atoms with van der Waals surface area (Å²) in [6.45, 7) is 4.13. The van der Waals surface area contributed by atoms with Crippen LogP contribution >= 0.6 is 0 Å². The molecule has 0 saturated heterocycles.